The van der Waals surface area contributed by atoms with Gasteiger partial charge < -0.3 is 0 Å². The van der Waals surface area contributed by atoms with E-state index in [9.17, 15) is 13.2 Å². The van der Waals surface area contributed by atoms with E-state index in [1.54, 1.807) is 12.1 Å². The van der Waals surface area contributed by atoms with Gasteiger partial charge in [0.15, 0.2) is 0 Å². The second-order valence-corrected chi connectivity index (χ2v) is 9.28. The van der Waals surface area contributed by atoms with Crippen LogP contribution in [0.1, 0.15) is 23.3 Å². The molecule has 0 radical (unpaired) electrons. The summed E-state index contributed by atoms with van der Waals surface area (Å²) in [6, 6.07) is 12.1. The van der Waals surface area contributed by atoms with E-state index >= 15 is 0 Å². The molecule has 25 heavy (non-hydrogen) atoms. The number of carbonyl (C=O) groups is 1. The molecule has 6 nitrogen and oxygen atoms in total. The Kier molecular flexibility index (Phi) is 5.53. The van der Waals surface area contributed by atoms with Gasteiger partial charge in [-0.3, -0.25) is 9.63 Å². The highest BCUT2D eigenvalue weighted by molar-refractivity contribution is 7.91. The van der Waals surface area contributed by atoms with Gasteiger partial charge in [0.05, 0.1) is 6.61 Å². The third-order valence-electron chi connectivity index (χ3n) is 4.04. The molecule has 0 bridgehead atoms. The standard InChI is InChI=1S/C17H20N2O4S2/c1-13-9-10-16(24-13)25(21,22)19-11-5-8-15(19)17(20)18-23-12-14-6-3-2-4-7-14/h2-4,6-7,9-10,15H,5,8,11-12H2,1H3,(H,18,20). The van der Waals surface area contributed by atoms with Gasteiger partial charge in [-0.05, 0) is 37.5 Å². The fourth-order valence-corrected chi connectivity index (χ4v) is 5.86. The average Bonchev–Trinajstić information content (AvgIpc) is 3.25. The summed E-state index contributed by atoms with van der Waals surface area (Å²) in [5, 5.41) is 0. The van der Waals surface area contributed by atoms with Crippen molar-refractivity contribution in [3.8, 4) is 0 Å². The van der Waals surface area contributed by atoms with Crippen LogP contribution < -0.4 is 5.48 Å². The van der Waals surface area contributed by atoms with Gasteiger partial charge in [0.1, 0.15) is 10.3 Å². The van der Waals surface area contributed by atoms with E-state index < -0.39 is 22.0 Å². The van der Waals surface area contributed by atoms with Crippen LogP contribution >= 0.6 is 11.3 Å². The zero-order valence-corrected chi connectivity index (χ0v) is 15.5. The van der Waals surface area contributed by atoms with E-state index in [4.69, 9.17) is 4.84 Å². The van der Waals surface area contributed by atoms with Gasteiger partial charge in [-0.15, -0.1) is 11.3 Å². The number of thiophene rings is 1. The molecule has 1 aromatic heterocycles. The fourth-order valence-electron chi connectivity index (χ4n) is 2.79. The van der Waals surface area contributed by atoms with Crippen LogP contribution in [0.5, 0.6) is 0 Å². The molecule has 1 atom stereocenters. The molecule has 1 aliphatic rings. The van der Waals surface area contributed by atoms with Gasteiger partial charge in [0, 0.05) is 11.4 Å². The van der Waals surface area contributed by atoms with Crippen LogP contribution in [0.15, 0.2) is 46.7 Å². The summed E-state index contributed by atoms with van der Waals surface area (Å²) in [5.41, 5.74) is 3.31. The summed E-state index contributed by atoms with van der Waals surface area (Å²) in [6.45, 7) is 2.43. The number of hydrogen-bond acceptors (Lipinski definition) is 5. The minimum absolute atomic E-state index is 0.232. The molecule has 1 N–H and O–H groups in total. The lowest BCUT2D eigenvalue weighted by Crippen LogP contribution is -2.45. The summed E-state index contributed by atoms with van der Waals surface area (Å²) < 4.78 is 27.1. The van der Waals surface area contributed by atoms with Crippen molar-refractivity contribution >= 4 is 27.3 Å². The average molecular weight is 380 g/mol. The summed E-state index contributed by atoms with van der Waals surface area (Å²) in [6.07, 6.45) is 1.14. The maximum absolute atomic E-state index is 12.8. The van der Waals surface area contributed by atoms with Crippen LogP contribution in [0, 0.1) is 6.92 Å². The van der Waals surface area contributed by atoms with Crippen LogP contribution in [0.2, 0.25) is 0 Å². The number of benzene rings is 1. The van der Waals surface area contributed by atoms with Crippen LogP contribution in [0.25, 0.3) is 0 Å². The summed E-state index contributed by atoms with van der Waals surface area (Å²) in [4.78, 5) is 18.6. The Morgan fingerprint density at radius 3 is 2.72 bits per heavy atom. The molecule has 1 amide bonds. The van der Waals surface area contributed by atoms with Crippen molar-refractivity contribution in [3.63, 3.8) is 0 Å². The van der Waals surface area contributed by atoms with Crippen molar-refractivity contribution in [1.29, 1.82) is 0 Å². The van der Waals surface area contributed by atoms with Crippen molar-refractivity contribution in [2.75, 3.05) is 6.54 Å². The number of aryl methyl sites for hydroxylation is 1. The normalized spacial score (nSPS) is 18.4. The van der Waals surface area contributed by atoms with Gasteiger partial charge in [0.2, 0.25) is 0 Å². The molecule has 1 unspecified atom stereocenters. The Bertz CT molecular complexity index is 833. The lowest BCUT2D eigenvalue weighted by molar-refractivity contribution is -0.137. The highest BCUT2D eigenvalue weighted by Crippen LogP contribution is 2.30. The second-order valence-electron chi connectivity index (χ2n) is 5.88. The molecule has 134 valence electrons. The van der Waals surface area contributed by atoms with E-state index in [0.29, 0.717) is 19.4 Å². The fraction of sp³-hybridized carbons (Fsp3) is 0.353. The van der Waals surface area contributed by atoms with Crippen molar-refractivity contribution in [2.24, 2.45) is 0 Å². The third kappa shape index (κ3) is 4.09. The van der Waals surface area contributed by atoms with Gasteiger partial charge >= 0.3 is 0 Å². The highest BCUT2D eigenvalue weighted by Gasteiger charge is 2.40. The number of hydrogen-bond donors (Lipinski definition) is 1. The zero-order valence-electron chi connectivity index (χ0n) is 13.8. The molecule has 1 aliphatic heterocycles. The number of sulfonamides is 1. The first kappa shape index (κ1) is 18.1. The summed E-state index contributed by atoms with van der Waals surface area (Å²) >= 11 is 1.22. The molecular weight excluding hydrogens is 360 g/mol. The monoisotopic (exact) mass is 380 g/mol. The zero-order chi connectivity index (χ0) is 17.9. The number of nitrogens with zero attached hydrogens (tertiary/aromatic N) is 1. The van der Waals surface area contributed by atoms with Crippen molar-refractivity contribution in [3.05, 3.63) is 52.9 Å². The van der Waals surface area contributed by atoms with E-state index in [-0.39, 0.29) is 10.8 Å². The predicted octanol–water partition coefficient (Wildman–Crippen LogP) is 2.46. The van der Waals surface area contributed by atoms with Crippen LogP contribution in [0.4, 0.5) is 0 Å². The first-order valence-corrected chi connectivity index (χ1v) is 10.3. The first-order chi connectivity index (χ1) is 12.0. The lowest BCUT2D eigenvalue weighted by atomic mass is 10.2. The highest BCUT2D eigenvalue weighted by atomic mass is 32.2. The summed E-state index contributed by atoms with van der Waals surface area (Å²) in [5.74, 6) is -0.426. The van der Waals surface area contributed by atoms with Crippen LogP contribution in [0.3, 0.4) is 0 Å². The lowest BCUT2D eigenvalue weighted by Gasteiger charge is -2.22. The molecule has 3 rings (SSSR count). The SMILES string of the molecule is Cc1ccc(S(=O)(=O)N2CCCC2C(=O)NOCc2ccccc2)s1. The quantitative estimate of drug-likeness (QED) is 0.781. The van der Waals surface area contributed by atoms with E-state index in [1.807, 2.05) is 37.3 Å². The Labute approximate surface area is 151 Å². The molecule has 0 aliphatic carbocycles. The Morgan fingerprint density at radius 2 is 2.04 bits per heavy atom. The van der Waals surface area contributed by atoms with Crippen LogP contribution in [-0.4, -0.2) is 31.2 Å². The molecule has 1 fully saturated rings. The van der Waals surface area contributed by atoms with Crippen LogP contribution in [-0.2, 0) is 26.3 Å². The van der Waals surface area contributed by atoms with Crippen molar-refractivity contribution < 1.29 is 18.0 Å². The minimum atomic E-state index is -3.65. The summed E-state index contributed by atoms with van der Waals surface area (Å²) in [7, 11) is -3.65. The molecule has 1 saturated heterocycles. The number of amides is 1. The number of rotatable bonds is 6. The largest absolute Gasteiger partial charge is 0.271 e. The van der Waals surface area contributed by atoms with Gasteiger partial charge in [-0.1, -0.05) is 30.3 Å². The third-order valence-corrected chi connectivity index (χ3v) is 7.42. The van der Waals surface area contributed by atoms with Gasteiger partial charge in [-0.2, -0.15) is 4.31 Å². The number of hydroxylamine groups is 1. The van der Waals surface area contributed by atoms with Crippen molar-refractivity contribution in [1.82, 2.24) is 9.79 Å². The Morgan fingerprint density at radius 1 is 1.28 bits per heavy atom. The molecule has 0 saturated carbocycles. The molecular formula is C17H20N2O4S2. The minimum Gasteiger partial charge on any atom is -0.271 e. The number of nitrogens with one attached hydrogen (secondary N) is 1. The number of carbonyl (C=O) groups excluding carboxylic acids is 1. The Hall–Kier alpha value is -1.74. The van der Waals surface area contributed by atoms with Crippen molar-refractivity contribution in [2.45, 2.75) is 36.6 Å². The van der Waals surface area contributed by atoms with E-state index in [1.165, 1.54) is 15.6 Å². The first-order valence-electron chi connectivity index (χ1n) is 8.02. The topological polar surface area (TPSA) is 75.7 Å². The molecule has 8 heteroatoms. The second kappa shape index (κ2) is 7.65. The Balaban J connectivity index is 1.63. The smallest absolute Gasteiger partial charge is 0.261 e. The molecule has 0 spiro atoms. The molecule has 1 aromatic carbocycles. The molecule has 2 heterocycles. The van der Waals surface area contributed by atoms with Gasteiger partial charge in [-0.25, -0.2) is 13.9 Å². The molecule has 2 aromatic rings. The maximum Gasteiger partial charge on any atom is 0.261 e. The predicted molar refractivity (Wildman–Crippen MR) is 95.3 cm³/mol. The maximum atomic E-state index is 12.8. The van der Waals surface area contributed by atoms with Gasteiger partial charge in [0.25, 0.3) is 15.9 Å². The van der Waals surface area contributed by atoms with E-state index in [0.717, 1.165) is 10.4 Å². The van der Waals surface area contributed by atoms with E-state index in [2.05, 4.69) is 5.48 Å².